The van der Waals surface area contributed by atoms with Crippen LogP contribution in [0.25, 0.3) is 0 Å². The SMILES string of the molecule is C[C@H]1[C@H](Sc2ccccc2)O[C@@H]2O[C@@]3(C)CC[C@H]4[C@@H](C)CC[C@@H]1[C@@]24OO3. The second kappa shape index (κ2) is 6.21. The molecule has 5 aliphatic rings. The minimum Gasteiger partial charge on any atom is -0.335 e. The number of fused-ring (bicyclic) bond motifs is 2. The van der Waals surface area contributed by atoms with Crippen LogP contribution < -0.4 is 0 Å². The van der Waals surface area contributed by atoms with Gasteiger partial charge in [-0.2, -0.15) is 0 Å². The van der Waals surface area contributed by atoms with E-state index in [2.05, 4.69) is 44.2 Å². The second-order valence-electron chi connectivity index (χ2n) is 8.70. The molecule has 1 aromatic carbocycles. The molecule has 6 rings (SSSR count). The van der Waals surface area contributed by atoms with Gasteiger partial charge in [0.15, 0.2) is 11.9 Å². The molecule has 0 unspecified atom stereocenters. The number of rotatable bonds is 2. The van der Waals surface area contributed by atoms with Gasteiger partial charge in [-0.3, -0.25) is 0 Å². The normalized spacial score (nSPS) is 50.1. The lowest BCUT2D eigenvalue weighted by Crippen LogP contribution is -2.70. The zero-order valence-electron chi connectivity index (χ0n) is 15.7. The molecule has 0 N–H and O–H groups in total. The smallest absolute Gasteiger partial charge is 0.201 e. The summed E-state index contributed by atoms with van der Waals surface area (Å²) >= 11 is 1.80. The minimum absolute atomic E-state index is 0.0682. The quantitative estimate of drug-likeness (QED) is 0.680. The van der Waals surface area contributed by atoms with Gasteiger partial charge in [0.1, 0.15) is 5.44 Å². The predicted octanol–water partition coefficient (Wildman–Crippen LogP) is 4.99. The highest BCUT2D eigenvalue weighted by Gasteiger charge is 2.69. The molecule has 5 heteroatoms. The summed E-state index contributed by atoms with van der Waals surface area (Å²) in [6, 6.07) is 10.5. The van der Waals surface area contributed by atoms with E-state index in [1.165, 1.54) is 11.3 Å². The van der Waals surface area contributed by atoms with Crippen molar-refractivity contribution in [2.24, 2.45) is 23.7 Å². The molecular formula is C21H28O4S. The number of hydrogen-bond donors (Lipinski definition) is 0. The van der Waals surface area contributed by atoms with E-state index in [0.29, 0.717) is 23.7 Å². The van der Waals surface area contributed by atoms with Crippen LogP contribution in [-0.4, -0.2) is 23.1 Å². The first kappa shape index (κ1) is 17.5. The third-order valence-corrected chi connectivity index (χ3v) is 8.41. The number of benzene rings is 1. The van der Waals surface area contributed by atoms with Crippen LogP contribution in [0, 0.1) is 23.7 Å². The van der Waals surface area contributed by atoms with Gasteiger partial charge < -0.3 is 9.47 Å². The van der Waals surface area contributed by atoms with Crippen molar-refractivity contribution < 1.29 is 19.2 Å². The van der Waals surface area contributed by atoms with Crippen molar-refractivity contribution in [1.29, 1.82) is 0 Å². The Balaban J connectivity index is 1.50. The molecule has 2 bridgehead atoms. The van der Waals surface area contributed by atoms with Crippen molar-refractivity contribution in [3.8, 4) is 0 Å². The third kappa shape index (κ3) is 2.51. The van der Waals surface area contributed by atoms with Crippen LogP contribution >= 0.6 is 11.8 Å². The van der Waals surface area contributed by atoms with Gasteiger partial charge in [0.2, 0.25) is 5.79 Å². The monoisotopic (exact) mass is 376 g/mol. The highest BCUT2D eigenvalue weighted by Crippen LogP contribution is 2.61. The summed E-state index contributed by atoms with van der Waals surface area (Å²) < 4.78 is 13.0. The molecule has 0 radical (unpaired) electrons. The molecule has 4 nitrogen and oxygen atoms in total. The molecule has 4 heterocycles. The van der Waals surface area contributed by atoms with Gasteiger partial charge in [0.05, 0.1) is 0 Å². The van der Waals surface area contributed by atoms with Crippen molar-refractivity contribution in [1.82, 2.24) is 0 Å². The molecule has 1 aromatic rings. The summed E-state index contributed by atoms with van der Waals surface area (Å²) in [4.78, 5) is 13.3. The number of hydrogen-bond acceptors (Lipinski definition) is 5. The molecule has 26 heavy (non-hydrogen) atoms. The van der Waals surface area contributed by atoms with E-state index < -0.39 is 11.4 Å². The number of ether oxygens (including phenoxy) is 2. The second-order valence-corrected chi connectivity index (χ2v) is 9.88. The van der Waals surface area contributed by atoms with Crippen molar-refractivity contribution in [2.75, 3.05) is 0 Å². The molecule has 1 aliphatic carbocycles. The van der Waals surface area contributed by atoms with E-state index in [1.54, 1.807) is 11.8 Å². The maximum Gasteiger partial charge on any atom is 0.201 e. The maximum absolute atomic E-state index is 6.60. The summed E-state index contributed by atoms with van der Waals surface area (Å²) in [6.45, 7) is 6.65. The molecule has 5 fully saturated rings. The van der Waals surface area contributed by atoms with Crippen molar-refractivity contribution in [3.63, 3.8) is 0 Å². The van der Waals surface area contributed by atoms with Crippen molar-refractivity contribution in [3.05, 3.63) is 30.3 Å². The van der Waals surface area contributed by atoms with Crippen LogP contribution in [0.1, 0.15) is 46.5 Å². The summed E-state index contributed by atoms with van der Waals surface area (Å²) in [5, 5.41) is 0. The lowest BCUT2D eigenvalue weighted by Gasteiger charge is -2.60. The van der Waals surface area contributed by atoms with Gasteiger partial charge in [0.25, 0.3) is 0 Å². The lowest BCUT2D eigenvalue weighted by molar-refractivity contribution is -0.568. The fourth-order valence-corrected chi connectivity index (χ4v) is 6.78. The van der Waals surface area contributed by atoms with Gasteiger partial charge in [-0.15, -0.1) is 0 Å². The molecule has 8 atom stereocenters. The summed E-state index contributed by atoms with van der Waals surface area (Å²) in [6.07, 6.45) is 3.99. The Morgan fingerprint density at radius 2 is 1.81 bits per heavy atom. The Kier molecular flexibility index (Phi) is 4.18. The zero-order valence-corrected chi connectivity index (χ0v) is 16.5. The molecule has 0 aromatic heterocycles. The summed E-state index contributed by atoms with van der Waals surface area (Å²) in [5.41, 5.74) is -0.389. The fraction of sp³-hybridized carbons (Fsp3) is 0.714. The van der Waals surface area contributed by atoms with Crippen LogP contribution in [0.15, 0.2) is 35.2 Å². The Bertz CT molecular complexity index is 669. The van der Waals surface area contributed by atoms with Gasteiger partial charge in [-0.1, -0.05) is 43.8 Å². The topological polar surface area (TPSA) is 36.9 Å². The summed E-state index contributed by atoms with van der Waals surface area (Å²) in [5.74, 6) is 1.11. The third-order valence-electron chi connectivity index (χ3n) is 7.09. The largest absolute Gasteiger partial charge is 0.335 e. The van der Waals surface area contributed by atoms with E-state index >= 15 is 0 Å². The van der Waals surface area contributed by atoms with Gasteiger partial charge in [-0.05, 0) is 56.1 Å². The molecule has 1 spiro atoms. The van der Waals surface area contributed by atoms with E-state index in [1.807, 2.05) is 6.92 Å². The van der Waals surface area contributed by atoms with Crippen molar-refractivity contribution >= 4 is 11.8 Å². The van der Waals surface area contributed by atoms with Gasteiger partial charge in [-0.25, -0.2) is 9.78 Å². The average molecular weight is 377 g/mol. The lowest BCUT2D eigenvalue weighted by atomic mass is 9.58. The summed E-state index contributed by atoms with van der Waals surface area (Å²) in [7, 11) is 0. The molecule has 1 saturated carbocycles. The van der Waals surface area contributed by atoms with Gasteiger partial charge in [0, 0.05) is 17.2 Å². The average Bonchev–Trinajstić information content (AvgIpc) is 2.86. The first-order valence-corrected chi connectivity index (χ1v) is 10.8. The Hall–Kier alpha value is -0.590. The minimum atomic E-state index is -0.694. The van der Waals surface area contributed by atoms with E-state index in [9.17, 15) is 0 Å². The molecule has 4 saturated heterocycles. The highest BCUT2D eigenvalue weighted by atomic mass is 32.2. The first-order chi connectivity index (χ1) is 12.5. The van der Waals surface area contributed by atoms with Crippen LogP contribution in [0.2, 0.25) is 0 Å². The highest BCUT2D eigenvalue weighted by molar-refractivity contribution is 7.99. The molecule has 4 aliphatic heterocycles. The fourth-order valence-electron chi connectivity index (χ4n) is 5.64. The van der Waals surface area contributed by atoms with Gasteiger partial charge >= 0.3 is 0 Å². The number of thioether (sulfide) groups is 1. The maximum atomic E-state index is 6.60. The Morgan fingerprint density at radius 3 is 2.62 bits per heavy atom. The Morgan fingerprint density at radius 1 is 1.00 bits per heavy atom. The van der Waals surface area contributed by atoms with Crippen LogP contribution in [0.5, 0.6) is 0 Å². The standard InChI is InChI=1S/C21H28O4S/c1-13-9-10-17-14(2)18(26-15-7-5-4-6-8-15)22-19-21(17)16(13)11-12-20(3,23-19)24-25-21/h4-8,13-14,16-19H,9-12H2,1-3H3/t13-,14+,16-,17-,18-,19+,20+,21+/m0/s1. The predicted molar refractivity (Wildman–Crippen MR) is 99.1 cm³/mol. The van der Waals surface area contributed by atoms with Crippen molar-refractivity contribution in [2.45, 2.75) is 74.5 Å². The van der Waals surface area contributed by atoms with Crippen LogP contribution in [0.3, 0.4) is 0 Å². The van der Waals surface area contributed by atoms with E-state index in [0.717, 1.165) is 19.3 Å². The molecule has 0 amide bonds. The van der Waals surface area contributed by atoms with Crippen LogP contribution in [-0.2, 0) is 19.2 Å². The first-order valence-electron chi connectivity index (χ1n) is 9.94. The molecule has 142 valence electrons. The van der Waals surface area contributed by atoms with E-state index in [-0.39, 0.29) is 11.7 Å². The zero-order chi connectivity index (χ0) is 17.9. The van der Waals surface area contributed by atoms with E-state index in [4.69, 9.17) is 19.2 Å². The Labute approximate surface area is 159 Å². The molecular weight excluding hydrogens is 348 g/mol. The van der Waals surface area contributed by atoms with Crippen LogP contribution in [0.4, 0.5) is 0 Å².